The van der Waals surface area contributed by atoms with Crippen LogP contribution in [0.1, 0.15) is 36.8 Å². The summed E-state index contributed by atoms with van der Waals surface area (Å²) in [5.74, 6) is -0.469. The molecule has 0 unspecified atom stereocenters. The third-order valence-corrected chi connectivity index (χ3v) is 3.98. The fourth-order valence-corrected chi connectivity index (χ4v) is 2.80. The summed E-state index contributed by atoms with van der Waals surface area (Å²) < 4.78 is 15.9. The Morgan fingerprint density at radius 3 is 2.81 bits per heavy atom. The lowest BCUT2D eigenvalue weighted by molar-refractivity contribution is 0.0304. The summed E-state index contributed by atoms with van der Waals surface area (Å²) in [6.07, 6.45) is 4.45. The van der Waals surface area contributed by atoms with E-state index in [0.29, 0.717) is 36.5 Å². The number of aromatic amines is 1. The van der Waals surface area contributed by atoms with Gasteiger partial charge >= 0.3 is 12.1 Å². The molecule has 144 valence electrons. The third-order valence-electron chi connectivity index (χ3n) is 3.98. The minimum atomic E-state index is -0.591. The number of H-pyrrole nitrogens is 1. The van der Waals surface area contributed by atoms with Crippen molar-refractivity contribution in [3.05, 3.63) is 35.9 Å². The molecule has 3 heterocycles. The second-order valence-electron chi connectivity index (χ2n) is 7.16. The molecule has 0 atom stereocenters. The van der Waals surface area contributed by atoms with E-state index < -0.39 is 17.7 Å². The summed E-state index contributed by atoms with van der Waals surface area (Å²) in [7, 11) is 1.32. The van der Waals surface area contributed by atoms with Gasteiger partial charge in [-0.3, -0.25) is 9.88 Å². The summed E-state index contributed by atoms with van der Waals surface area (Å²) in [5, 5.41) is 0.749. The van der Waals surface area contributed by atoms with Gasteiger partial charge in [0.15, 0.2) is 0 Å². The zero-order valence-corrected chi connectivity index (χ0v) is 15.9. The van der Waals surface area contributed by atoms with Crippen LogP contribution in [0.2, 0.25) is 0 Å². The van der Waals surface area contributed by atoms with Crippen LogP contribution in [0.15, 0.2) is 24.7 Å². The Morgan fingerprint density at radius 2 is 2.11 bits per heavy atom. The number of nitrogens with zero attached hydrogens (tertiary/aromatic N) is 2. The lowest BCUT2D eigenvalue weighted by Gasteiger charge is -2.24. The molecule has 1 amide bonds. The summed E-state index contributed by atoms with van der Waals surface area (Å²) in [5.41, 5.74) is 1.74. The maximum atomic E-state index is 12.5. The Hall–Kier alpha value is -2.87. The maximum Gasteiger partial charge on any atom is 0.414 e. The number of ether oxygens (including phenoxy) is 3. The van der Waals surface area contributed by atoms with E-state index in [1.165, 1.54) is 18.2 Å². The highest BCUT2D eigenvalue weighted by atomic mass is 16.6. The molecular weight excluding hydrogens is 350 g/mol. The van der Waals surface area contributed by atoms with Crippen molar-refractivity contribution in [2.75, 3.05) is 26.9 Å². The number of hydrogen-bond acceptors (Lipinski definition) is 6. The van der Waals surface area contributed by atoms with Crippen LogP contribution in [0.5, 0.6) is 0 Å². The number of rotatable bonds is 2. The first-order valence-electron chi connectivity index (χ1n) is 8.63. The van der Waals surface area contributed by atoms with Gasteiger partial charge in [0, 0.05) is 29.6 Å². The Balaban J connectivity index is 2.00. The van der Waals surface area contributed by atoms with Crippen LogP contribution in [-0.4, -0.2) is 59.4 Å². The number of methoxy groups -OCH3 is 1. The monoisotopic (exact) mass is 373 g/mol. The number of hydrogen-bond donors (Lipinski definition) is 1. The smallest absolute Gasteiger partial charge is 0.414 e. The molecule has 2 aromatic heterocycles. The van der Waals surface area contributed by atoms with Crippen molar-refractivity contribution >= 4 is 28.5 Å². The van der Waals surface area contributed by atoms with Crippen LogP contribution < -0.4 is 0 Å². The van der Waals surface area contributed by atoms with Crippen molar-refractivity contribution in [2.24, 2.45) is 0 Å². The first-order valence-corrected chi connectivity index (χ1v) is 8.63. The Morgan fingerprint density at radius 1 is 1.33 bits per heavy atom. The van der Waals surface area contributed by atoms with Gasteiger partial charge in [0.1, 0.15) is 11.2 Å². The van der Waals surface area contributed by atoms with E-state index in [1.54, 1.807) is 12.4 Å². The average Bonchev–Trinajstić information content (AvgIpc) is 2.96. The normalized spacial score (nSPS) is 15.3. The van der Waals surface area contributed by atoms with Gasteiger partial charge < -0.3 is 19.2 Å². The molecule has 0 saturated heterocycles. The topological polar surface area (TPSA) is 93.8 Å². The molecule has 0 fully saturated rings. The quantitative estimate of drug-likeness (QED) is 0.814. The van der Waals surface area contributed by atoms with Gasteiger partial charge in [-0.05, 0) is 26.8 Å². The maximum absolute atomic E-state index is 12.5. The second kappa shape index (κ2) is 7.40. The molecule has 8 nitrogen and oxygen atoms in total. The van der Waals surface area contributed by atoms with E-state index >= 15 is 0 Å². The highest BCUT2D eigenvalue weighted by molar-refractivity contribution is 6.05. The number of nitrogens with one attached hydrogen (secondary N) is 1. The van der Waals surface area contributed by atoms with Gasteiger partial charge in [-0.25, -0.2) is 9.59 Å². The van der Waals surface area contributed by atoms with Crippen molar-refractivity contribution in [2.45, 2.75) is 26.4 Å². The fraction of sp³-hybridized carbons (Fsp3) is 0.421. The summed E-state index contributed by atoms with van der Waals surface area (Å²) in [6.45, 7) is 6.52. The number of carbonyl (C=O) groups excluding carboxylic acids is 2. The summed E-state index contributed by atoms with van der Waals surface area (Å²) in [4.78, 5) is 33.4. The van der Waals surface area contributed by atoms with Crippen molar-refractivity contribution < 1.29 is 23.8 Å². The van der Waals surface area contributed by atoms with Crippen LogP contribution in [0, 0.1) is 0 Å². The molecule has 8 heteroatoms. The lowest BCUT2D eigenvalue weighted by Crippen LogP contribution is -2.34. The Kier molecular flexibility index (Phi) is 5.18. The van der Waals surface area contributed by atoms with Gasteiger partial charge in [-0.15, -0.1) is 0 Å². The molecule has 1 aliphatic rings. The van der Waals surface area contributed by atoms with Crippen molar-refractivity contribution in [1.29, 1.82) is 0 Å². The molecule has 0 bridgehead atoms. The zero-order chi connectivity index (χ0) is 19.6. The molecule has 0 aliphatic carbocycles. The van der Waals surface area contributed by atoms with Crippen LogP contribution >= 0.6 is 0 Å². The molecule has 0 saturated carbocycles. The highest BCUT2D eigenvalue weighted by Gasteiger charge is 2.24. The number of aromatic nitrogens is 2. The van der Waals surface area contributed by atoms with Crippen LogP contribution in [-0.2, 0) is 14.2 Å². The largest absolute Gasteiger partial charge is 0.465 e. The van der Waals surface area contributed by atoms with E-state index in [4.69, 9.17) is 14.2 Å². The van der Waals surface area contributed by atoms with E-state index in [9.17, 15) is 9.59 Å². The molecule has 0 aromatic carbocycles. The van der Waals surface area contributed by atoms with Crippen molar-refractivity contribution in [3.8, 4) is 0 Å². The molecule has 3 rings (SSSR count). The molecular formula is C19H23N3O5. The van der Waals surface area contributed by atoms with E-state index in [-0.39, 0.29) is 0 Å². The number of esters is 1. The molecule has 27 heavy (non-hydrogen) atoms. The molecule has 2 aromatic rings. The predicted octanol–water partition coefficient (Wildman–Crippen LogP) is 2.96. The number of carbonyl (C=O) groups is 2. The number of fused-ring (bicyclic) bond motifs is 1. The predicted molar refractivity (Wildman–Crippen MR) is 99.2 cm³/mol. The van der Waals surface area contributed by atoms with Crippen LogP contribution in [0.25, 0.3) is 16.5 Å². The summed E-state index contributed by atoms with van der Waals surface area (Å²) >= 11 is 0. The number of amides is 1. The molecule has 1 aliphatic heterocycles. The van der Waals surface area contributed by atoms with E-state index in [2.05, 4.69) is 9.97 Å². The third kappa shape index (κ3) is 4.11. The standard InChI is InChI=1S/C19H23N3O5/c1-19(2,3)27-18(24)22-7-8-26-11-12(10-22)15-13-5-6-20-16(13)14(9-21-15)17(23)25-4/h5-6,9-10,20H,7-8,11H2,1-4H3. The van der Waals surface area contributed by atoms with E-state index in [1.807, 2.05) is 26.8 Å². The second-order valence-corrected chi connectivity index (χ2v) is 7.16. The SMILES string of the molecule is COC(=O)c1cnc(C2=CN(C(=O)OC(C)(C)C)CCOC2)c2cc[nH]c12. The van der Waals surface area contributed by atoms with E-state index in [0.717, 1.165) is 11.0 Å². The zero-order valence-electron chi connectivity index (χ0n) is 15.9. The van der Waals surface area contributed by atoms with Gasteiger partial charge in [0.2, 0.25) is 0 Å². The first-order chi connectivity index (χ1) is 12.8. The Labute approximate surface area is 157 Å². The minimum Gasteiger partial charge on any atom is -0.465 e. The highest BCUT2D eigenvalue weighted by Crippen LogP contribution is 2.27. The van der Waals surface area contributed by atoms with Gasteiger partial charge in [0.25, 0.3) is 0 Å². The summed E-state index contributed by atoms with van der Waals surface area (Å²) in [6, 6.07) is 1.83. The Bertz CT molecular complexity index is 894. The van der Waals surface area contributed by atoms with Gasteiger partial charge in [-0.1, -0.05) is 0 Å². The number of pyridine rings is 1. The first kappa shape index (κ1) is 18.9. The van der Waals surface area contributed by atoms with Crippen LogP contribution in [0.4, 0.5) is 4.79 Å². The fourth-order valence-electron chi connectivity index (χ4n) is 2.80. The van der Waals surface area contributed by atoms with Gasteiger partial charge in [-0.2, -0.15) is 0 Å². The lowest BCUT2D eigenvalue weighted by atomic mass is 10.1. The minimum absolute atomic E-state index is 0.296. The van der Waals surface area contributed by atoms with Crippen molar-refractivity contribution in [3.63, 3.8) is 0 Å². The molecule has 0 spiro atoms. The van der Waals surface area contributed by atoms with Crippen molar-refractivity contribution in [1.82, 2.24) is 14.9 Å². The van der Waals surface area contributed by atoms with Gasteiger partial charge in [0.05, 0.1) is 38.1 Å². The molecule has 0 radical (unpaired) electrons. The average molecular weight is 373 g/mol. The van der Waals surface area contributed by atoms with Crippen LogP contribution in [0.3, 0.4) is 0 Å². The molecule has 1 N–H and O–H groups in total.